The average molecular weight is 688 g/mol. The lowest BCUT2D eigenvalue weighted by Crippen LogP contribution is -2.45. The van der Waals surface area contributed by atoms with E-state index in [0.717, 1.165) is 32.1 Å². The van der Waals surface area contributed by atoms with Gasteiger partial charge in [-0.15, -0.1) is 0 Å². The molecule has 0 radical (unpaired) electrons. The molecule has 0 heterocycles. The highest BCUT2D eigenvalue weighted by molar-refractivity contribution is 5.76. The summed E-state index contributed by atoms with van der Waals surface area (Å²) in [5.74, 6) is -0.0748. The van der Waals surface area contributed by atoms with Crippen molar-refractivity contribution in [1.82, 2.24) is 5.32 Å². The highest BCUT2D eigenvalue weighted by atomic mass is 16.3. The van der Waals surface area contributed by atoms with E-state index in [9.17, 15) is 15.0 Å². The summed E-state index contributed by atoms with van der Waals surface area (Å²) in [7, 11) is 0. The zero-order valence-electron chi connectivity index (χ0n) is 33.0. The third-order valence-corrected chi connectivity index (χ3v) is 9.85. The summed E-state index contributed by atoms with van der Waals surface area (Å²) in [6.45, 7) is 4.26. The van der Waals surface area contributed by atoms with Crippen LogP contribution in [0.25, 0.3) is 0 Å². The Balaban J connectivity index is 3.48. The number of unbranched alkanes of at least 4 members (excludes halogenated alkanes) is 28. The fourth-order valence-corrected chi connectivity index (χ4v) is 6.48. The van der Waals surface area contributed by atoms with E-state index in [1.807, 2.05) is 6.08 Å². The zero-order valence-corrected chi connectivity index (χ0v) is 33.0. The Morgan fingerprint density at radius 3 is 1.20 bits per heavy atom. The Morgan fingerprint density at radius 2 is 0.796 bits per heavy atom. The molecule has 0 saturated heterocycles. The molecule has 3 N–H and O–H groups in total. The number of amides is 1. The molecule has 0 aliphatic rings. The molecule has 0 fully saturated rings. The molecule has 0 spiro atoms. The summed E-state index contributed by atoms with van der Waals surface area (Å²) >= 11 is 0. The lowest BCUT2D eigenvalue weighted by atomic mass is 10.0. The van der Waals surface area contributed by atoms with Crippen LogP contribution >= 0.6 is 0 Å². The summed E-state index contributed by atoms with van der Waals surface area (Å²) in [6, 6.07) is -0.635. The molecule has 0 aliphatic heterocycles. The maximum Gasteiger partial charge on any atom is 0.220 e. The van der Waals surface area contributed by atoms with Gasteiger partial charge >= 0.3 is 0 Å². The first-order valence-corrected chi connectivity index (χ1v) is 21.7. The summed E-state index contributed by atoms with van der Waals surface area (Å²) in [6.07, 6.45) is 54.1. The van der Waals surface area contributed by atoms with E-state index in [1.54, 1.807) is 6.08 Å². The molecule has 0 saturated carbocycles. The largest absolute Gasteiger partial charge is 0.394 e. The van der Waals surface area contributed by atoms with Crippen LogP contribution in [0.15, 0.2) is 36.5 Å². The second-order valence-electron chi connectivity index (χ2n) is 14.8. The second kappa shape index (κ2) is 41.0. The number of hydrogen-bond donors (Lipinski definition) is 3. The summed E-state index contributed by atoms with van der Waals surface area (Å²) in [5.41, 5.74) is 0. The molecule has 0 bridgehead atoms. The summed E-state index contributed by atoms with van der Waals surface area (Å²) < 4.78 is 0. The molecule has 4 nitrogen and oxygen atoms in total. The van der Waals surface area contributed by atoms with Gasteiger partial charge in [0.05, 0.1) is 18.8 Å². The smallest absolute Gasteiger partial charge is 0.220 e. The van der Waals surface area contributed by atoms with Gasteiger partial charge in [0.1, 0.15) is 0 Å². The van der Waals surface area contributed by atoms with E-state index < -0.39 is 12.1 Å². The van der Waals surface area contributed by atoms with Crippen molar-refractivity contribution in [1.29, 1.82) is 0 Å². The lowest BCUT2D eigenvalue weighted by molar-refractivity contribution is -0.123. The summed E-state index contributed by atoms with van der Waals surface area (Å²) in [4.78, 5) is 12.3. The van der Waals surface area contributed by atoms with Gasteiger partial charge in [-0.25, -0.2) is 0 Å². The van der Waals surface area contributed by atoms with Crippen molar-refractivity contribution in [2.24, 2.45) is 0 Å². The van der Waals surface area contributed by atoms with Gasteiger partial charge in [-0.1, -0.05) is 198 Å². The number of hydrogen-bond acceptors (Lipinski definition) is 3. The molecule has 2 unspecified atom stereocenters. The topological polar surface area (TPSA) is 69.6 Å². The van der Waals surface area contributed by atoms with Crippen molar-refractivity contribution >= 4 is 5.91 Å². The molecule has 4 heteroatoms. The number of carbonyl (C=O) groups is 1. The lowest BCUT2D eigenvalue weighted by Gasteiger charge is -2.19. The first-order valence-electron chi connectivity index (χ1n) is 21.7. The number of carbonyl (C=O) groups excluding carboxylic acids is 1. The maximum atomic E-state index is 12.3. The second-order valence-corrected chi connectivity index (χ2v) is 14.8. The van der Waals surface area contributed by atoms with Crippen molar-refractivity contribution in [3.05, 3.63) is 36.5 Å². The van der Waals surface area contributed by atoms with Crippen LogP contribution in [0.2, 0.25) is 0 Å². The minimum Gasteiger partial charge on any atom is -0.394 e. The fraction of sp³-hybridized carbons (Fsp3) is 0.844. The number of nitrogens with one attached hydrogen (secondary N) is 1. The monoisotopic (exact) mass is 688 g/mol. The van der Waals surface area contributed by atoms with Gasteiger partial charge in [-0.2, -0.15) is 0 Å². The Morgan fingerprint density at radius 1 is 0.469 bits per heavy atom. The van der Waals surface area contributed by atoms with Gasteiger partial charge in [0, 0.05) is 6.42 Å². The molecule has 49 heavy (non-hydrogen) atoms. The molecule has 0 aromatic heterocycles. The number of aliphatic hydroxyl groups is 2. The van der Waals surface area contributed by atoms with Gasteiger partial charge in [0.25, 0.3) is 0 Å². The number of allylic oxidation sites excluding steroid dienone is 5. The normalized spacial score (nSPS) is 13.3. The first kappa shape index (κ1) is 47.6. The van der Waals surface area contributed by atoms with E-state index in [1.165, 1.54) is 173 Å². The number of aliphatic hydroxyl groups excluding tert-OH is 2. The van der Waals surface area contributed by atoms with Crippen LogP contribution in [0.3, 0.4) is 0 Å². The minimum atomic E-state index is -0.858. The molecular formula is C45H85NO3. The summed E-state index contributed by atoms with van der Waals surface area (Å²) in [5, 5.41) is 22.8. The third kappa shape index (κ3) is 37.7. The molecule has 0 rings (SSSR count). The molecule has 1 amide bonds. The molecule has 0 aliphatic carbocycles. The molecule has 288 valence electrons. The van der Waals surface area contributed by atoms with Crippen LogP contribution < -0.4 is 5.32 Å². The number of rotatable bonds is 39. The van der Waals surface area contributed by atoms with Gasteiger partial charge in [0.2, 0.25) is 5.91 Å². The fourth-order valence-electron chi connectivity index (χ4n) is 6.48. The average Bonchev–Trinajstić information content (AvgIpc) is 3.10. The Labute approximate surface area is 306 Å². The quantitative estimate of drug-likeness (QED) is 0.0445. The molecule has 0 aromatic rings. The molecular weight excluding hydrogens is 602 g/mol. The van der Waals surface area contributed by atoms with Crippen LogP contribution in [0.4, 0.5) is 0 Å². The Kier molecular flexibility index (Phi) is 39.9. The van der Waals surface area contributed by atoms with Crippen molar-refractivity contribution in [3.8, 4) is 0 Å². The van der Waals surface area contributed by atoms with Gasteiger partial charge in [-0.3, -0.25) is 4.79 Å². The Hall–Kier alpha value is -1.39. The molecule has 2 atom stereocenters. The first-order chi connectivity index (χ1) is 24.2. The SMILES string of the molecule is CCCCCC/C=C/CC/C=C/C(O)C(CO)NC(=O)CCCCCCCCCCCCCCCCC/C=C\CCCCCCCCCC. The standard InChI is InChI=1S/C45H85NO3/c1-3-5-7-9-11-13-15-16-17-18-19-20-21-22-23-24-25-26-27-28-29-30-31-33-35-37-39-41-45(49)46-43(42-47)44(48)40-38-36-34-32-14-12-10-8-6-4-2/h14,18-19,32,38,40,43-44,47-48H,3-13,15-17,20-31,33-37,39,41-42H2,1-2H3,(H,46,49)/b19-18-,32-14+,40-38+. The van der Waals surface area contributed by atoms with Gasteiger partial charge in [0.15, 0.2) is 0 Å². The van der Waals surface area contributed by atoms with Crippen molar-refractivity contribution in [2.75, 3.05) is 6.61 Å². The van der Waals surface area contributed by atoms with Crippen molar-refractivity contribution in [2.45, 2.75) is 238 Å². The van der Waals surface area contributed by atoms with Crippen LogP contribution in [0.5, 0.6) is 0 Å². The van der Waals surface area contributed by atoms with E-state index in [4.69, 9.17) is 0 Å². The minimum absolute atomic E-state index is 0.0748. The van der Waals surface area contributed by atoms with E-state index >= 15 is 0 Å². The highest BCUT2D eigenvalue weighted by Crippen LogP contribution is 2.15. The van der Waals surface area contributed by atoms with Crippen LogP contribution in [-0.4, -0.2) is 34.9 Å². The van der Waals surface area contributed by atoms with Crippen LogP contribution in [0.1, 0.15) is 226 Å². The van der Waals surface area contributed by atoms with Gasteiger partial charge < -0.3 is 15.5 Å². The van der Waals surface area contributed by atoms with Gasteiger partial charge in [-0.05, 0) is 57.8 Å². The van der Waals surface area contributed by atoms with E-state index in [2.05, 4.69) is 43.5 Å². The van der Waals surface area contributed by atoms with Crippen molar-refractivity contribution < 1.29 is 15.0 Å². The third-order valence-electron chi connectivity index (χ3n) is 9.85. The predicted octanol–water partition coefficient (Wildman–Crippen LogP) is 13.4. The van der Waals surface area contributed by atoms with Crippen LogP contribution in [-0.2, 0) is 4.79 Å². The van der Waals surface area contributed by atoms with Crippen molar-refractivity contribution in [3.63, 3.8) is 0 Å². The highest BCUT2D eigenvalue weighted by Gasteiger charge is 2.17. The zero-order chi connectivity index (χ0) is 35.7. The molecule has 0 aromatic carbocycles. The van der Waals surface area contributed by atoms with E-state index in [-0.39, 0.29) is 12.5 Å². The Bertz CT molecular complexity index is 746. The predicted molar refractivity (Wildman–Crippen MR) is 216 cm³/mol. The maximum absolute atomic E-state index is 12.3. The van der Waals surface area contributed by atoms with Crippen LogP contribution in [0, 0.1) is 0 Å². The van der Waals surface area contributed by atoms with E-state index in [0.29, 0.717) is 6.42 Å².